The summed E-state index contributed by atoms with van der Waals surface area (Å²) in [6, 6.07) is 5.27. The third kappa shape index (κ3) is 6.59. The summed E-state index contributed by atoms with van der Waals surface area (Å²) in [7, 11) is 1.37. The lowest BCUT2D eigenvalue weighted by Crippen LogP contribution is -2.59. The fourth-order valence-corrected chi connectivity index (χ4v) is 6.17. The van der Waals surface area contributed by atoms with Gasteiger partial charge in [-0.15, -0.1) is 0 Å². The van der Waals surface area contributed by atoms with Gasteiger partial charge >= 0.3 is 12.2 Å². The molecule has 0 bridgehead atoms. The number of rotatable bonds is 8. The molecule has 6 N–H and O–H groups in total. The number of imidazole rings is 1. The van der Waals surface area contributed by atoms with Crippen molar-refractivity contribution in [3.63, 3.8) is 0 Å². The number of nitrogens with one attached hydrogen (secondary N) is 2. The number of hydrogen-bond acceptors (Lipinski definition) is 7. The molecule has 5 rings (SSSR count). The summed E-state index contributed by atoms with van der Waals surface area (Å²) in [5, 5.41) is 17.9. The Morgan fingerprint density at radius 2 is 1.91 bits per heavy atom. The van der Waals surface area contributed by atoms with E-state index in [9.17, 15) is 27.6 Å². The van der Waals surface area contributed by atoms with Crippen LogP contribution in [0.15, 0.2) is 30.6 Å². The highest BCUT2D eigenvalue weighted by Gasteiger charge is 2.42. The second-order valence-electron chi connectivity index (χ2n) is 11.2. The summed E-state index contributed by atoms with van der Waals surface area (Å²) < 4.78 is 42.9. The van der Waals surface area contributed by atoms with Crippen LogP contribution in [-0.4, -0.2) is 66.2 Å². The number of urea groups is 1. The zero-order chi connectivity index (χ0) is 32.6. The fourth-order valence-electron chi connectivity index (χ4n) is 5.90. The molecule has 0 radical (unpaired) electrons. The Morgan fingerprint density at radius 3 is 2.51 bits per heavy atom. The highest BCUT2D eigenvalue weighted by molar-refractivity contribution is 6.34. The van der Waals surface area contributed by atoms with Crippen LogP contribution in [0.4, 0.5) is 23.7 Å². The maximum absolute atomic E-state index is 13.6. The van der Waals surface area contributed by atoms with E-state index in [1.165, 1.54) is 29.8 Å². The predicted molar refractivity (Wildman–Crippen MR) is 156 cm³/mol. The van der Waals surface area contributed by atoms with Crippen LogP contribution < -0.4 is 22.1 Å². The molecule has 1 aromatic carbocycles. The van der Waals surface area contributed by atoms with E-state index in [4.69, 9.17) is 28.3 Å². The minimum Gasteiger partial charge on any atom is -0.351 e. The van der Waals surface area contributed by atoms with Crippen molar-refractivity contribution in [2.45, 2.75) is 69.0 Å². The third-order valence-electron chi connectivity index (χ3n) is 8.14. The minimum atomic E-state index is -4.80. The van der Waals surface area contributed by atoms with Crippen LogP contribution in [0.25, 0.3) is 11.3 Å². The molecule has 0 unspecified atom stereocenters. The first-order valence-electron chi connectivity index (χ1n) is 14.1. The Bertz CT molecular complexity index is 1670. The van der Waals surface area contributed by atoms with E-state index in [1.807, 2.05) is 0 Å². The monoisotopic (exact) mass is 646 g/mol. The maximum atomic E-state index is 13.6. The smallest absolute Gasteiger partial charge is 0.351 e. The van der Waals surface area contributed by atoms with Gasteiger partial charge in [0, 0.05) is 43.1 Å². The van der Waals surface area contributed by atoms with Crippen molar-refractivity contribution in [2.24, 2.45) is 18.5 Å². The van der Waals surface area contributed by atoms with Crippen LogP contribution in [0.3, 0.4) is 0 Å². The fraction of sp³-hybridized carbons (Fsp3) is 0.429. The van der Waals surface area contributed by atoms with Gasteiger partial charge in [0.25, 0.3) is 11.8 Å². The van der Waals surface area contributed by atoms with Crippen LogP contribution in [0.5, 0.6) is 0 Å². The highest BCUT2D eigenvalue weighted by atomic mass is 35.5. The summed E-state index contributed by atoms with van der Waals surface area (Å²) in [6.07, 6.45) is 0.782. The number of primary amides is 1. The first-order chi connectivity index (χ1) is 21.3. The molecule has 0 aliphatic heterocycles. The number of benzene rings is 1. The molecule has 238 valence electrons. The summed E-state index contributed by atoms with van der Waals surface area (Å²) in [5.74, 6) is -1.37. The SMILES string of the molecule is Cn1c(-c2cn(CC#N)nc2C(F)(F)F)cnc1C(=O)Nc1ccc(C(=O)NC2CC(N(C(N)=O)[C@@H]3CC[C@H](N)C3)C2)c(Cl)c1. The van der Waals surface area contributed by atoms with E-state index in [0.717, 1.165) is 29.9 Å². The Labute approximate surface area is 260 Å². The third-order valence-corrected chi connectivity index (χ3v) is 8.45. The van der Waals surface area contributed by atoms with Crippen molar-refractivity contribution in [2.75, 3.05) is 5.32 Å². The molecule has 2 saturated carbocycles. The van der Waals surface area contributed by atoms with Crippen molar-refractivity contribution < 1.29 is 27.6 Å². The topological polar surface area (TPSA) is 190 Å². The number of alkyl halides is 3. The first kappa shape index (κ1) is 31.8. The van der Waals surface area contributed by atoms with Gasteiger partial charge in [-0.1, -0.05) is 11.6 Å². The first-order valence-corrected chi connectivity index (χ1v) is 14.4. The van der Waals surface area contributed by atoms with E-state index in [-0.39, 0.29) is 57.5 Å². The second kappa shape index (κ2) is 12.4. The lowest BCUT2D eigenvalue weighted by molar-refractivity contribution is -0.141. The number of halogens is 4. The van der Waals surface area contributed by atoms with Crippen LogP contribution in [0.2, 0.25) is 5.02 Å². The second-order valence-corrected chi connectivity index (χ2v) is 11.6. The largest absolute Gasteiger partial charge is 0.435 e. The Hall–Kier alpha value is -4.62. The molecular weight excluding hydrogens is 617 g/mol. The van der Waals surface area contributed by atoms with Crippen molar-refractivity contribution in [1.82, 2.24) is 29.5 Å². The van der Waals surface area contributed by atoms with Gasteiger partial charge in [0.05, 0.1) is 34.1 Å². The molecule has 45 heavy (non-hydrogen) atoms. The standard InChI is InChI=1S/C28H30ClF3N10O3/c1-40-22(20-13-41(7-6-33)39-23(20)28(30,31)32)12-36-24(40)26(44)37-15-3-5-19(21(29)11-15)25(43)38-16-9-18(10-16)42(27(35)45)17-4-2-14(34)8-17/h3,5,11-14,16-18H,2,4,7-10,34H2,1H3,(H2,35,45)(H,37,44)(H,38,43)/t14-,16?,17+,18?/m0/s1. The van der Waals surface area contributed by atoms with E-state index in [2.05, 4.69) is 20.7 Å². The molecule has 2 aromatic heterocycles. The normalized spacial score (nSPS) is 21.1. The van der Waals surface area contributed by atoms with Gasteiger partial charge in [0.1, 0.15) is 6.54 Å². The quantitative estimate of drug-likeness (QED) is 0.289. The van der Waals surface area contributed by atoms with E-state index >= 15 is 0 Å². The minimum absolute atomic E-state index is 0.000471. The summed E-state index contributed by atoms with van der Waals surface area (Å²) in [4.78, 5) is 43.7. The highest BCUT2D eigenvalue weighted by Crippen LogP contribution is 2.36. The number of carbonyl (C=O) groups is 3. The number of anilines is 1. The lowest BCUT2D eigenvalue weighted by atomic mass is 9.84. The van der Waals surface area contributed by atoms with Gasteiger partial charge in [-0.3, -0.25) is 14.3 Å². The van der Waals surface area contributed by atoms with Gasteiger partial charge in [-0.2, -0.15) is 23.5 Å². The van der Waals surface area contributed by atoms with Crippen LogP contribution in [-0.2, 0) is 19.8 Å². The summed E-state index contributed by atoms with van der Waals surface area (Å²) >= 11 is 6.37. The maximum Gasteiger partial charge on any atom is 0.435 e. The average Bonchev–Trinajstić information content (AvgIpc) is 3.65. The van der Waals surface area contributed by atoms with Gasteiger partial charge in [0.15, 0.2) is 11.5 Å². The van der Waals surface area contributed by atoms with Gasteiger partial charge in [0.2, 0.25) is 0 Å². The molecule has 0 spiro atoms. The number of nitrogens with two attached hydrogens (primary N) is 2. The van der Waals surface area contributed by atoms with E-state index < -0.39 is 36.3 Å². The molecule has 0 saturated heterocycles. The number of nitriles is 1. The molecule has 4 amide bonds. The molecule has 2 aliphatic carbocycles. The van der Waals surface area contributed by atoms with E-state index in [0.29, 0.717) is 19.3 Å². The Balaban J connectivity index is 1.22. The van der Waals surface area contributed by atoms with Crippen LogP contribution >= 0.6 is 11.6 Å². The molecule has 17 heteroatoms. The number of hydrogen-bond donors (Lipinski definition) is 4. The lowest BCUT2D eigenvalue weighted by Gasteiger charge is -2.45. The summed E-state index contributed by atoms with van der Waals surface area (Å²) in [5.41, 5.74) is 10.4. The molecule has 2 fully saturated rings. The Kier molecular flexibility index (Phi) is 8.77. The van der Waals surface area contributed by atoms with Crippen LogP contribution in [0, 0.1) is 11.3 Å². The number of nitrogens with zero attached hydrogens (tertiary/aromatic N) is 6. The number of carbonyl (C=O) groups excluding carboxylic acids is 3. The molecule has 2 aliphatic rings. The van der Waals surface area contributed by atoms with Gasteiger partial charge < -0.3 is 31.6 Å². The molecule has 2 heterocycles. The van der Waals surface area contributed by atoms with Crippen molar-refractivity contribution in [1.29, 1.82) is 5.26 Å². The van der Waals surface area contributed by atoms with Gasteiger partial charge in [-0.25, -0.2) is 9.78 Å². The molecule has 3 aromatic rings. The van der Waals surface area contributed by atoms with Crippen molar-refractivity contribution in [3.8, 4) is 17.3 Å². The van der Waals surface area contributed by atoms with Gasteiger partial charge in [-0.05, 0) is 50.3 Å². The number of amides is 4. The summed E-state index contributed by atoms with van der Waals surface area (Å²) in [6.45, 7) is -0.395. The van der Waals surface area contributed by atoms with Crippen molar-refractivity contribution >= 4 is 35.1 Å². The Morgan fingerprint density at radius 1 is 1.18 bits per heavy atom. The molecule has 13 nitrogen and oxygen atoms in total. The predicted octanol–water partition coefficient (Wildman–Crippen LogP) is 3.25. The number of aromatic nitrogens is 4. The van der Waals surface area contributed by atoms with Crippen LogP contribution in [0.1, 0.15) is 58.8 Å². The zero-order valence-corrected chi connectivity index (χ0v) is 24.8. The van der Waals surface area contributed by atoms with Crippen molar-refractivity contribution in [3.05, 3.63) is 52.7 Å². The van der Waals surface area contributed by atoms with E-state index in [1.54, 1.807) is 11.0 Å². The zero-order valence-electron chi connectivity index (χ0n) is 24.0. The average molecular weight is 647 g/mol. The molecular formula is C28H30ClF3N10O3. The molecule has 2 atom stereocenters.